The van der Waals surface area contributed by atoms with Gasteiger partial charge in [-0.2, -0.15) is 0 Å². The first-order valence-corrected chi connectivity index (χ1v) is 12.2. The van der Waals surface area contributed by atoms with Crippen LogP contribution in [0.1, 0.15) is 43.9 Å². The van der Waals surface area contributed by atoms with Gasteiger partial charge in [0, 0.05) is 36.1 Å². The molecular formula is C26H30N4O4S. The molecule has 0 aliphatic rings. The van der Waals surface area contributed by atoms with Gasteiger partial charge >= 0.3 is 0 Å². The molecule has 3 aromatic rings. The Kier molecular flexibility index (Phi) is 8.97. The zero-order chi connectivity index (χ0) is 25.4. The lowest BCUT2D eigenvalue weighted by atomic mass is 10.0. The van der Waals surface area contributed by atoms with Crippen LogP contribution in [0.5, 0.6) is 5.75 Å². The van der Waals surface area contributed by atoms with E-state index in [1.54, 1.807) is 43.0 Å². The second kappa shape index (κ2) is 12.1. The quantitative estimate of drug-likeness (QED) is 0.433. The lowest BCUT2D eigenvalue weighted by molar-refractivity contribution is -0.127. The van der Waals surface area contributed by atoms with Crippen LogP contribution in [0.15, 0.2) is 60.1 Å². The van der Waals surface area contributed by atoms with E-state index in [9.17, 15) is 14.4 Å². The van der Waals surface area contributed by atoms with E-state index in [1.165, 1.54) is 16.2 Å². The number of aryl methyl sites for hydroxylation is 1. The average Bonchev–Trinajstić information content (AvgIpc) is 3.34. The Morgan fingerprint density at radius 3 is 2.37 bits per heavy atom. The fourth-order valence-electron chi connectivity index (χ4n) is 3.63. The highest BCUT2D eigenvalue weighted by Crippen LogP contribution is 2.32. The molecule has 0 spiro atoms. The summed E-state index contributed by atoms with van der Waals surface area (Å²) >= 11 is 1.30. The number of aromatic nitrogens is 1. The number of thiazole rings is 1. The summed E-state index contributed by atoms with van der Waals surface area (Å²) < 4.78 is 5.26. The predicted octanol–water partition coefficient (Wildman–Crippen LogP) is 4.48. The molecule has 0 radical (unpaired) electrons. The molecule has 1 heterocycles. The smallest absolute Gasteiger partial charge is 0.248 e. The number of ether oxygens (including phenoxy) is 1. The number of amides is 3. The molecule has 3 amide bonds. The molecule has 0 saturated heterocycles. The third-order valence-electron chi connectivity index (χ3n) is 5.26. The molecule has 0 saturated carbocycles. The van der Waals surface area contributed by atoms with Crippen LogP contribution in [-0.2, 0) is 14.4 Å². The van der Waals surface area contributed by atoms with Crippen molar-refractivity contribution in [2.75, 3.05) is 17.3 Å². The highest BCUT2D eigenvalue weighted by Gasteiger charge is 2.33. The van der Waals surface area contributed by atoms with Gasteiger partial charge in [-0.1, -0.05) is 30.3 Å². The van der Waals surface area contributed by atoms with Crippen molar-refractivity contribution in [3.8, 4) is 5.75 Å². The van der Waals surface area contributed by atoms with Gasteiger partial charge in [-0.25, -0.2) is 4.98 Å². The first-order chi connectivity index (χ1) is 16.8. The van der Waals surface area contributed by atoms with Crippen LogP contribution in [0.25, 0.3) is 0 Å². The lowest BCUT2D eigenvalue weighted by Crippen LogP contribution is -2.46. The van der Waals surface area contributed by atoms with Crippen molar-refractivity contribution in [3.63, 3.8) is 0 Å². The summed E-state index contributed by atoms with van der Waals surface area (Å²) in [6, 6.07) is 13.4. The SMILES string of the molecule is COc1ccc(C(C(=O)NC(C)C)N(C(=O)CCC(=O)Nc2nccs2)c2ccccc2C)cc1. The second-order valence-electron chi connectivity index (χ2n) is 8.27. The number of hydrogen-bond acceptors (Lipinski definition) is 6. The van der Waals surface area contributed by atoms with Crippen molar-refractivity contribution < 1.29 is 19.1 Å². The third kappa shape index (κ3) is 6.89. The number of anilines is 2. The van der Waals surface area contributed by atoms with Crippen LogP contribution in [0, 0.1) is 6.92 Å². The molecule has 0 aliphatic heterocycles. The molecule has 2 aromatic carbocycles. The summed E-state index contributed by atoms with van der Waals surface area (Å²) in [4.78, 5) is 45.1. The molecule has 8 nitrogen and oxygen atoms in total. The van der Waals surface area contributed by atoms with Gasteiger partial charge in [0.15, 0.2) is 5.13 Å². The third-order valence-corrected chi connectivity index (χ3v) is 5.95. The van der Waals surface area contributed by atoms with E-state index >= 15 is 0 Å². The van der Waals surface area contributed by atoms with Crippen LogP contribution in [0.2, 0.25) is 0 Å². The van der Waals surface area contributed by atoms with Gasteiger partial charge in [0.2, 0.25) is 17.7 Å². The number of rotatable bonds is 10. The van der Waals surface area contributed by atoms with Gasteiger partial charge < -0.3 is 15.4 Å². The van der Waals surface area contributed by atoms with E-state index in [4.69, 9.17) is 4.74 Å². The molecule has 184 valence electrons. The molecule has 9 heteroatoms. The van der Waals surface area contributed by atoms with Crippen LogP contribution in [0.3, 0.4) is 0 Å². The minimum atomic E-state index is -0.932. The predicted molar refractivity (Wildman–Crippen MR) is 138 cm³/mol. The molecule has 3 rings (SSSR count). The summed E-state index contributed by atoms with van der Waals surface area (Å²) in [7, 11) is 1.57. The zero-order valence-electron chi connectivity index (χ0n) is 20.3. The lowest BCUT2D eigenvalue weighted by Gasteiger charge is -2.33. The maximum Gasteiger partial charge on any atom is 0.248 e. The maximum absolute atomic E-state index is 13.7. The van der Waals surface area contributed by atoms with Gasteiger partial charge in [-0.3, -0.25) is 19.3 Å². The Morgan fingerprint density at radius 2 is 1.77 bits per heavy atom. The number of benzene rings is 2. The van der Waals surface area contributed by atoms with Crippen LogP contribution in [0.4, 0.5) is 10.8 Å². The molecule has 1 aromatic heterocycles. The van der Waals surface area contributed by atoms with Crippen molar-refractivity contribution in [1.82, 2.24) is 10.3 Å². The number of nitrogens with one attached hydrogen (secondary N) is 2. The summed E-state index contributed by atoms with van der Waals surface area (Å²) in [6.07, 6.45) is 1.48. The Balaban J connectivity index is 1.96. The number of methoxy groups -OCH3 is 1. The fourth-order valence-corrected chi connectivity index (χ4v) is 4.17. The Morgan fingerprint density at radius 1 is 1.06 bits per heavy atom. The Bertz CT molecular complexity index is 1150. The highest BCUT2D eigenvalue weighted by atomic mass is 32.1. The standard InChI is InChI=1S/C26H30N4O4S/c1-17(2)28-25(33)24(19-9-11-20(34-4)12-10-19)30(21-8-6-5-7-18(21)3)23(32)14-13-22(31)29-26-27-15-16-35-26/h5-12,15-17,24H,13-14H2,1-4H3,(H,28,33)(H,27,29,31). The second-order valence-corrected chi connectivity index (χ2v) is 9.17. The van der Waals surface area contributed by atoms with Gasteiger partial charge in [0.25, 0.3) is 0 Å². The van der Waals surface area contributed by atoms with E-state index in [1.807, 2.05) is 45.0 Å². The Hall–Kier alpha value is -3.72. The number of hydrogen-bond donors (Lipinski definition) is 2. The summed E-state index contributed by atoms with van der Waals surface area (Å²) in [6.45, 7) is 5.62. The first-order valence-electron chi connectivity index (χ1n) is 11.3. The van der Waals surface area contributed by atoms with Crippen molar-refractivity contribution >= 4 is 39.9 Å². The van der Waals surface area contributed by atoms with E-state index in [-0.39, 0.29) is 36.6 Å². The molecule has 0 fully saturated rings. The molecule has 0 aliphatic carbocycles. The van der Waals surface area contributed by atoms with Crippen LogP contribution >= 0.6 is 11.3 Å². The molecular weight excluding hydrogens is 464 g/mol. The fraction of sp³-hybridized carbons (Fsp3) is 0.308. The highest BCUT2D eigenvalue weighted by molar-refractivity contribution is 7.13. The van der Waals surface area contributed by atoms with Crippen molar-refractivity contribution in [2.24, 2.45) is 0 Å². The zero-order valence-corrected chi connectivity index (χ0v) is 21.1. The normalized spacial score (nSPS) is 11.6. The minimum Gasteiger partial charge on any atom is -0.497 e. The number of nitrogens with zero attached hydrogens (tertiary/aromatic N) is 2. The van der Waals surface area contributed by atoms with Crippen molar-refractivity contribution in [1.29, 1.82) is 0 Å². The summed E-state index contributed by atoms with van der Waals surface area (Å²) in [5.74, 6) is -0.322. The molecule has 1 atom stereocenters. The van der Waals surface area contributed by atoms with E-state index < -0.39 is 6.04 Å². The van der Waals surface area contributed by atoms with Gasteiger partial charge in [0.1, 0.15) is 11.8 Å². The van der Waals surface area contributed by atoms with Gasteiger partial charge in [-0.05, 0) is 50.1 Å². The van der Waals surface area contributed by atoms with Crippen LogP contribution < -0.4 is 20.3 Å². The van der Waals surface area contributed by atoms with E-state index in [0.717, 1.165) is 5.56 Å². The first kappa shape index (κ1) is 25.9. The van der Waals surface area contributed by atoms with E-state index in [2.05, 4.69) is 15.6 Å². The molecule has 0 bridgehead atoms. The number of para-hydroxylation sites is 1. The average molecular weight is 495 g/mol. The van der Waals surface area contributed by atoms with Crippen molar-refractivity contribution in [3.05, 3.63) is 71.2 Å². The Labute approximate surface area is 209 Å². The monoisotopic (exact) mass is 494 g/mol. The topological polar surface area (TPSA) is 101 Å². The summed E-state index contributed by atoms with van der Waals surface area (Å²) in [5.41, 5.74) is 2.08. The molecule has 35 heavy (non-hydrogen) atoms. The molecule has 2 N–H and O–H groups in total. The number of carbonyl (C=O) groups is 3. The minimum absolute atomic E-state index is 0.0398. The van der Waals surface area contributed by atoms with E-state index in [0.29, 0.717) is 22.1 Å². The number of carbonyl (C=O) groups excluding carboxylic acids is 3. The maximum atomic E-state index is 13.7. The largest absolute Gasteiger partial charge is 0.497 e. The molecule has 1 unspecified atom stereocenters. The van der Waals surface area contributed by atoms with Crippen LogP contribution in [-0.4, -0.2) is 35.9 Å². The van der Waals surface area contributed by atoms with Gasteiger partial charge in [-0.15, -0.1) is 11.3 Å². The summed E-state index contributed by atoms with van der Waals surface area (Å²) in [5, 5.41) is 7.87. The van der Waals surface area contributed by atoms with Gasteiger partial charge in [0.05, 0.1) is 7.11 Å². The van der Waals surface area contributed by atoms with Crippen molar-refractivity contribution in [2.45, 2.75) is 45.7 Å².